The maximum absolute atomic E-state index is 12.4. The molecule has 2 aliphatic rings. The van der Waals surface area contributed by atoms with Crippen LogP contribution >= 0.6 is 0 Å². The van der Waals surface area contributed by atoms with E-state index in [-0.39, 0.29) is 11.3 Å². The molecule has 30 heavy (non-hydrogen) atoms. The summed E-state index contributed by atoms with van der Waals surface area (Å²) in [5.41, 5.74) is -3.87. The molecule has 1 aliphatic carbocycles. The fourth-order valence-corrected chi connectivity index (χ4v) is 4.36. The number of nitrogens with zero attached hydrogens (tertiary/aromatic N) is 3. The number of carbonyl (C=O) groups excluding carboxylic acids is 1. The molecular formula is C19H22F3N3O4S. The molecule has 0 unspecified atom stereocenters. The van der Waals surface area contributed by atoms with Crippen LogP contribution in [0.15, 0.2) is 24.3 Å². The Morgan fingerprint density at radius 1 is 1.17 bits per heavy atom. The van der Waals surface area contributed by atoms with Crippen LogP contribution in [0.5, 0.6) is 5.88 Å². The summed E-state index contributed by atoms with van der Waals surface area (Å²) in [7, 11) is -5.79. The van der Waals surface area contributed by atoms with Crippen LogP contribution in [0.25, 0.3) is 10.9 Å². The van der Waals surface area contributed by atoms with Crippen LogP contribution in [0.3, 0.4) is 0 Å². The molecule has 2 heterocycles. The summed E-state index contributed by atoms with van der Waals surface area (Å²) < 4.78 is 63.3. The first kappa shape index (κ1) is 22.3. The minimum Gasteiger partial charge on any atom is -0.354 e. The van der Waals surface area contributed by atoms with Gasteiger partial charge in [0, 0.05) is 36.9 Å². The zero-order chi connectivity index (χ0) is 22.3. The molecule has 2 fully saturated rings. The molecule has 4 rings (SSSR count). The maximum atomic E-state index is 12.4. The minimum atomic E-state index is -5.79. The predicted octanol–water partition coefficient (Wildman–Crippen LogP) is 3.61. The van der Waals surface area contributed by atoms with Crippen molar-refractivity contribution in [2.24, 2.45) is 5.41 Å². The molecule has 11 heteroatoms. The number of rotatable bonds is 3. The lowest BCUT2D eigenvalue weighted by Gasteiger charge is -2.59. The van der Waals surface area contributed by atoms with Crippen LogP contribution < -0.4 is 4.18 Å². The monoisotopic (exact) mass is 445 g/mol. The average Bonchev–Trinajstić information content (AvgIpc) is 2.59. The highest BCUT2D eigenvalue weighted by Crippen LogP contribution is 2.56. The van der Waals surface area contributed by atoms with E-state index in [9.17, 15) is 26.4 Å². The van der Waals surface area contributed by atoms with Gasteiger partial charge in [-0.3, -0.25) is 4.79 Å². The molecule has 1 aliphatic heterocycles. The summed E-state index contributed by atoms with van der Waals surface area (Å²) in [6.45, 7) is 7.12. The van der Waals surface area contributed by atoms with Gasteiger partial charge in [0.15, 0.2) is 0 Å². The van der Waals surface area contributed by atoms with Crippen molar-refractivity contribution in [1.29, 1.82) is 0 Å². The van der Waals surface area contributed by atoms with Crippen molar-refractivity contribution in [3.63, 3.8) is 0 Å². The first-order valence-electron chi connectivity index (χ1n) is 9.52. The molecule has 1 amide bonds. The third-order valence-corrected chi connectivity index (χ3v) is 6.35. The van der Waals surface area contributed by atoms with Gasteiger partial charge in [0.1, 0.15) is 0 Å². The van der Waals surface area contributed by atoms with Gasteiger partial charge >= 0.3 is 15.6 Å². The second-order valence-electron chi connectivity index (χ2n) is 7.46. The number of benzene rings is 1. The molecule has 0 radical (unpaired) electrons. The summed E-state index contributed by atoms with van der Waals surface area (Å²) in [4.78, 5) is 13.1. The Labute approximate surface area is 172 Å². The number of amides is 1. The van der Waals surface area contributed by atoms with Crippen molar-refractivity contribution in [2.75, 3.05) is 13.1 Å². The van der Waals surface area contributed by atoms with E-state index < -0.39 is 21.5 Å². The zero-order valence-corrected chi connectivity index (χ0v) is 17.5. The van der Waals surface area contributed by atoms with E-state index in [4.69, 9.17) is 0 Å². The van der Waals surface area contributed by atoms with Crippen LogP contribution in [-0.4, -0.2) is 48.0 Å². The highest BCUT2D eigenvalue weighted by molar-refractivity contribution is 7.87. The highest BCUT2D eigenvalue weighted by atomic mass is 32.2. The predicted molar refractivity (Wildman–Crippen MR) is 103 cm³/mol. The molecule has 1 aromatic heterocycles. The molecule has 2 aromatic rings. The van der Waals surface area contributed by atoms with Gasteiger partial charge in [-0.15, -0.1) is 10.2 Å². The van der Waals surface area contributed by atoms with E-state index in [1.165, 1.54) is 0 Å². The second kappa shape index (κ2) is 7.68. The summed E-state index contributed by atoms with van der Waals surface area (Å²) in [5.74, 6) is -0.332. The fourth-order valence-electron chi connectivity index (χ4n) is 3.95. The number of hydrogen-bond donors (Lipinski definition) is 0. The number of fused-ring (bicyclic) bond motifs is 1. The summed E-state index contributed by atoms with van der Waals surface area (Å²) in [6, 6.07) is 6.39. The van der Waals surface area contributed by atoms with E-state index in [1.807, 2.05) is 24.8 Å². The molecule has 7 nitrogen and oxygen atoms in total. The maximum Gasteiger partial charge on any atom is 0.534 e. The molecule has 1 aromatic carbocycles. The second-order valence-corrected chi connectivity index (χ2v) is 9.00. The van der Waals surface area contributed by atoms with Crippen molar-refractivity contribution in [3.8, 4) is 5.88 Å². The van der Waals surface area contributed by atoms with Gasteiger partial charge in [-0.2, -0.15) is 21.6 Å². The smallest absolute Gasteiger partial charge is 0.354 e. The Morgan fingerprint density at radius 3 is 2.37 bits per heavy atom. The average molecular weight is 445 g/mol. The van der Waals surface area contributed by atoms with Crippen LogP contribution in [0.1, 0.15) is 45.1 Å². The Kier molecular flexibility index (Phi) is 5.70. The standard InChI is InChI=1S/C17H16F3N3O4S.C2H6/c1-10(24)23-8-16(9-23)6-13(7-16)11-2-3-12-5-15(22-21-14(12)4-11)27-28(25,26)17(18,19)20;1-2/h2-5,13H,6-9H2,1H3;1-2H3. The van der Waals surface area contributed by atoms with E-state index in [2.05, 4.69) is 14.4 Å². The van der Waals surface area contributed by atoms with Crippen molar-refractivity contribution < 1.29 is 30.6 Å². The van der Waals surface area contributed by atoms with Gasteiger partial charge < -0.3 is 9.08 Å². The molecule has 0 N–H and O–H groups in total. The molecule has 1 saturated heterocycles. The minimum absolute atomic E-state index is 0.0839. The number of aromatic nitrogens is 2. The van der Waals surface area contributed by atoms with Gasteiger partial charge in [-0.1, -0.05) is 26.0 Å². The van der Waals surface area contributed by atoms with Crippen LogP contribution in [0.2, 0.25) is 0 Å². The third-order valence-electron chi connectivity index (χ3n) is 5.40. The molecular weight excluding hydrogens is 423 g/mol. The summed E-state index contributed by atoms with van der Waals surface area (Å²) >= 11 is 0. The van der Waals surface area contributed by atoms with Crippen LogP contribution in [-0.2, 0) is 14.9 Å². The number of halogens is 3. The Morgan fingerprint density at radius 2 is 1.80 bits per heavy atom. The van der Waals surface area contributed by atoms with Crippen LogP contribution in [0, 0.1) is 5.41 Å². The highest BCUT2D eigenvalue weighted by Gasteiger charge is 2.53. The summed E-state index contributed by atoms with van der Waals surface area (Å²) in [5, 5.41) is 7.66. The Bertz CT molecular complexity index is 1060. The fraction of sp³-hybridized carbons (Fsp3) is 0.526. The molecule has 1 spiro atoms. The number of carbonyl (C=O) groups is 1. The quantitative estimate of drug-likeness (QED) is 0.530. The van der Waals surface area contributed by atoms with Crippen molar-refractivity contribution in [2.45, 2.75) is 45.0 Å². The SMILES string of the molecule is CC.CC(=O)N1CC2(CC(c3ccc4cc(OS(=O)(=O)C(F)(F)F)nnc4c3)C2)C1. The Balaban J connectivity index is 0.00000124. The van der Waals surface area contributed by atoms with Crippen molar-refractivity contribution >= 4 is 26.9 Å². The topological polar surface area (TPSA) is 89.5 Å². The number of alkyl halides is 3. The van der Waals surface area contributed by atoms with E-state index >= 15 is 0 Å². The first-order valence-corrected chi connectivity index (χ1v) is 10.9. The lowest BCUT2D eigenvalue weighted by atomic mass is 9.56. The van der Waals surface area contributed by atoms with E-state index in [1.54, 1.807) is 19.1 Å². The lowest BCUT2D eigenvalue weighted by Crippen LogP contribution is -2.62. The summed E-state index contributed by atoms with van der Waals surface area (Å²) in [6.07, 6.45) is 1.92. The number of hydrogen-bond acceptors (Lipinski definition) is 6. The largest absolute Gasteiger partial charge is 0.534 e. The Hall–Kier alpha value is -2.43. The molecule has 0 bridgehead atoms. The van der Waals surface area contributed by atoms with Gasteiger partial charge in [-0.05, 0) is 30.4 Å². The van der Waals surface area contributed by atoms with Crippen molar-refractivity contribution in [1.82, 2.24) is 15.1 Å². The van der Waals surface area contributed by atoms with Gasteiger partial charge in [0.25, 0.3) is 5.88 Å². The molecule has 0 atom stereocenters. The third kappa shape index (κ3) is 4.07. The molecule has 1 saturated carbocycles. The van der Waals surface area contributed by atoms with E-state index in [0.29, 0.717) is 16.8 Å². The van der Waals surface area contributed by atoms with Crippen molar-refractivity contribution in [3.05, 3.63) is 29.8 Å². The van der Waals surface area contributed by atoms with Gasteiger partial charge in [0.05, 0.1) is 5.52 Å². The molecule has 164 valence electrons. The number of likely N-dealkylation sites (tertiary alicyclic amines) is 1. The normalized spacial score (nSPS) is 18.3. The van der Waals surface area contributed by atoms with E-state index in [0.717, 1.165) is 37.6 Å². The zero-order valence-electron chi connectivity index (χ0n) is 16.7. The lowest BCUT2D eigenvalue weighted by molar-refractivity contribution is -0.148. The van der Waals surface area contributed by atoms with Gasteiger partial charge in [0.2, 0.25) is 5.91 Å². The van der Waals surface area contributed by atoms with Gasteiger partial charge in [-0.25, -0.2) is 0 Å². The van der Waals surface area contributed by atoms with Crippen LogP contribution in [0.4, 0.5) is 13.2 Å². The first-order chi connectivity index (χ1) is 14.0.